The maximum Gasteiger partial charge on any atom is 0.274 e. The quantitative estimate of drug-likeness (QED) is 0.882. The lowest BCUT2D eigenvalue weighted by atomic mass is 10.1. The number of aromatic nitrogens is 1. The summed E-state index contributed by atoms with van der Waals surface area (Å²) in [6, 6.07) is 9.57. The second kappa shape index (κ2) is 7.45. The normalized spacial score (nSPS) is 16.8. The molecule has 1 aliphatic rings. The molecule has 126 valence electrons. The van der Waals surface area contributed by atoms with E-state index in [1.54, 1.807) is 12.3 Å². The molecule has 1 atom stereocenters. The molecule has 1 aromatic heterocycles. The van der Waals surface area contributed by atoms with Crippen LogP contribution in [0.5, 0.6) is 0 Å². The van der Waals surface area contributed by atoms with E-state index in [1.807, 2.05) is 32.0 Å². The number of pyridine rings is 1. The highest BCUT2D eigenvalue weighted by molar-refractivity contribution is 6.03. The number of nitrogens with one attached hydrogen (secondary N) is 2. The molecule has 0 spiro atoms. The number of amides is 1. The molecule has 1 saturated heterocycles. The van der Waals surface area contributed by atoms with Crippen LogP contribution in [0.4, 0.5) is 11.4 Å². The Hall–Kier alpha value is -2.40. The molecule has 0 bridgehead atoms. The van der Waals surface area contributed by atoms with Crippen LogP contribution in [0.1, 0.15) is 34.5 Å². The van der Waals surface area contributed by atoms with Gasteiger partial charge in [-0.1, -0.05) is 6.07 Å². The summed E-state index contributed by atoms with van der Waals surface area (Å²) in [5.74, 6) is -0.203. The van der Waals surface area contributed by atoms with Gasteiger partial charge in [-0.3, -0.25) is 4.79 Å². The first-order valence-corrected chi connectivity index (χ1v) is 8.31. The van der Waals surface area contributed by atoms with Crippen molar-refractivity contribution in [2.45, 2.75) is 32.8 Å². The van der Waals surface area contributed by atoms with Crippen molar-refractivity contribution in [3.05, 3.63) is 53.3 Å². The number of anilines is 2. The van der Waals surface area contributed by atoms with Crippen LogP contribution in [-0.2, 0) is 4.74 Å². The number of hydrogen-bond donors (Lipinski definition) is 2. The van der Waals surface area contributed by atoms with Gasteiger partial charge in [0, 0.05) is 18.8 Å². The zero-order chi connectivity index (χ0) is 16.9. The smallest absolute Gasteiger partial charge is 0.274 e. The van der Waals surface area contributed by atoms with Gasteiger partial charge in [0.2, 0.25) is 0 Å². The zero-order valence-corrected chi connectivity index (χ0v) is 14.1. The molecule has 1 fully saturated rings. The van der Waals surface area contributed by atoms with Gasteiger partial charge in [0.25, 0.3) is 5.91 Å². The number of ether oxygens (including phenoxy) is 1. The van der Waals surface area contributed by atoms with Crippen molar-refractivity contribution in [2.75, 3.05) is 23.8 Å². The number of hydrogen-bond acceptors (Lipinski definition) is 4. The number of aryl methyl sites for hydroxylation is 2. The minimum Gasteiger partial charge on any atom is -0.381 e. The van der Waals surface area contributed by atoms with Gasteiger partial charge in [-0.25, -0.2) is 4.98 Å². The Balaban J connectivity index is 1.58. The van der Waals surface area contributed by atoms with E-state index in [0.717, 1.165) is 48.5 Å². The molecule has 1 aliphatic heterocycles. The van der Waals surface area contributed by atoms with E-state index >= 15 is 0 Å². The third-order valence-corrected chi connectivity index (χ3v) is 4.03. The Morgan fingerprint density at radius 1 is 1.21 bits per heavy atom. The summed E-state index contributed by atoms with van der Waals surface area (Å²) in [5, 5.41) is 6.19. The van der Waals surface area contributed by atoms with Crippen LogP contribution < -0.4 is 10.6 Å². The second-order valence-electron chi connectivity index (χ2n) is 6.28. The maximum atomic E-state index is 12.3. The molecule has 0 aliphatic carbocycles. The monoisotopic (exact) mass is 325 g/mol. The van der Waals surface area contributed by atoms with Crippen LogP contribution in [0.25, 0.3) is 0 Å². The highest BCUT2D eigenvalue weighted by Gasteiger charge is 2.15. The Kier molecular flexibility index (Phi) is 5.11. The van der Waals surface area contributed by atoms with Gasteiger partial charge >= 0.3 is 0 Å². The molecule has 2 heterocycles. The van der Waals surface area contributed by atoms with Crippen molar-refractivity contribution in [3.63, 3.8) is 0 Å². The molecular weight excluding hydrogens is 302 g/mol. The molecular formula is C19H23N3O2. The van der Waals surface area contributed by atoms with E-state index < -0.39 is 0 Å². The minimum atomic E-state index is -0.203. The molecule has 0 saturated carbocycles. The van der Waals surface area contributed by atoms with Crippen molar-refractivity contribution in [1.29, 1.82) is 0 Å². The predicted molar refractivity (Wildman–Crippen MR) is 95.6 cm³/mol. The summed E-state index contributed by atoms with van der Waals surface area (Å²) >= 11 is 0. The van der Waals surface area contributed by atoms with E-state index in [1.165, 1.54) is 0 Å². The van der Waals surface area contributed by atoms with Gasteiger partial charge < -0.3 is 15.4 Å². The van der Waals surface area contributed by atoms with Crippen LogP contribution >= 0.6 is 0 Å². The van der Waals surface area contributed by atoms with Crippen LogP contribution in [0.3, 0.4) is 0 Å². The average molecular weight is 325 g/mol. The van der Waals surface area contributed by atoms with E-state index in [-0.39, 0.29) is 12.0 Å². The van der Waals surface area contributed by atoms with Crippen LogP contribution in [-0.4, -0.2) is 30.1 Å². The summed E-state index contributed by atoms with van der Waals surface area (Å²) in [5.41, 5.74) is 4.32. The van der Waals surface area contributed by atoms with Crippen molar-refractivity contribution >= 4 is 17.3 Å². The molecule has 5 nitrogen and oxygen atoms in total. The fraction of sp³-hybridized carbons (Fsp3) is 0.368. The Morgan fingerprint density at radius 2 is 2.00 bits per heavy atom. The standard InChI is InChI=1S/C19H23N3O2/c1-13-8-14(2)10-16(9-13)22-19(23)18-6-5-15(11-21-18)20-12-17-4-3-7-24-17/h5-6,8-11,17,20H,3-4,7,12H2,1-2H3,(H,22,23). The largest absolute Gasteiger partial charge is 0.381 e. The molecule has 2 N–H and O–H groups in total. The van der Waals surface area contributed by atoms with E-state index in [2.05, 4.69) is 21.7 Å². The Labute approximate surface area is 142 Å². The number of carbonyl (C=O) groups is 1. The maximum absolute atomic E-state index is 12.3. The van der Waals surface area contributed by atoms with Gasteiger partial charge in [0.05, 0.1) is 18.0 Å². The summed E-state index contributed by atoms with van der Waals surface area (Å²) in [4.78, 5) is 16.6. The van der Waals surface area contributed by atoms with Gasteiger partial charge in [-0.2, -0.15) is 0 Å². The lowest BCUT2D eigenvalue weighted by Gasteiger charge is -2.12. The molecule has 2 aromatic rings. The van der Waals surface area contributed by atoms with Gasteiger partial charge in [0.15, 0.2) is 0 Å². The van der Waals surface area contributed by atoms with Gasteiger partial charge in [0.1, 0.15) is 5.69 Å². The lowest BCUT2D eigenvalue weighted by molar-refractivity contribution is 0.102. The number of carbonyl (C=O) groups excluding carboxylic acids is 1. The molecule has 3 rings (SSSR count). The number of nitrogens with zero attached hydrogens (tertiary/aromatic N) is 1. The van der Waals surface area contributed by atoms with Crippen LogP contribution in [0, 0.1) is 13.8 Å². The minimum absolute atomic E-state index is 0.203. The lowest BCUT2D eigenvalue weighted by Crippen LogP contribution is -2.19. The molecule has 24 heavy (non-hydrogen) atoms. The first kappa shape index (κ1) is 16.5. The molecule has 1 amide bonds. The summed E-state index contributed by atoms with van der Waals surface area (Å²) in [7, 11) is 0. The fourth-order valence-electron chi connectivity index (χ4n) is 2.91. The topological polar surface area (TPSA) is 63.2 Å². The summed E-state index contributed by atoms with van der Waals surface area (Å²) < 4.78 is 5.58. The summed E-state index contributed by atoms with van der Waals surface area (Å²) in [6.45, 7) is 5.64. The second-order valence-corrected chi connectivity index (χ2v) is 6.28. The Bertz CT molecular complexity index is 687. The van der Waals surface area contributed by atoms with Crippen molar-refractivity contribution in [3.8, 4) is 0 Å². The van der Waals surface area contributed by atoms with E-state index in [0.29, 0.717) is 5.69 Å². The first-order chi connectivity index (χ1) is 11.6. The molecule has 0 radical (unpaired) electrons. The number of benzene rings is 1. The fourth-order valence-corrected chi connectivity index (χ4v) is 2.91. The van der Waals surface area contributed by atoms with Crippen molar-refractivity contribution < 1.29 is 9.53 Å². The van der Waals surface area contributed by atoms with Crippen molar-refractivity contribution in [2.24, 2.45) is 0 Å². The third-order valence-electron chi connectivity index (χ3n) is 4.03. The van der Waals surface area contributed by atoms with E-state index in [9.17, 15) is 4.79 Å². The van der Waals surface area contributed by atoms with Crippen molar-refractivity contribution in [1.82, 2.24) is 4.98 Å². The molecule has 1 aromatic carbocycles. The van der Waals surface area contributed by atoms with Crippen LogP contribution in [0.2, 0.25) is 0 Å². The SMILES string of the molecule is Cc1cc(C)cc(NC(=O)c2ccc(NCC3CCCO3)cn2)c1. The average Bonchev–Trinajstić information content (AvgIpc) is 3.06. The summed E-state index contributed by atoms with van der Waals surface area (Å²) in [6.07, 6.45) is 4.18. The first-order valence-electron chi connectivity index (χ1n) is 8.31. The third kappa shape index (κ3) is 4.32. The highest BCUT2D eigenvalue weighted by Crippen LogP contribution is 2.16. The zero-order valence-electron chi connectivity index (χ0n) is 14.1. The van der Waals surface area contributed by atoms with Crippen LogP contribution in [0.15, 0.2) is 36.5 Å². The number of rotatable bonds is 5. The molecule has 5 heteroatoms. The highest BCUT2D eigenvalue weighted by atomic mass is 16.5. The van der Waals surface area contributed by atoms with Gasteiger partial charge in [-0.05, 0) is 62.1 Å². The molecule has 1 unspecified atom stereocenters. The van der Waals surface area contributed by atoms with Gasteiger partial charge in [-0.15, -0.1) is 0 Å². The predicted octanol–water partition coefficient (Wildman–Crippen LogP) is 3.54. The van der Waals surface area contributed by atoms with E-state index in [4.69, 9.17) is 4.74 Å². The Morgan fingerprint density at radius 3 is 2.62 bits per heavy atom.